The lowest BCUT2D eigenvalue weighted by Crippen LogP contribution is -2.33. The van der Waals surface area contributed by atoms with Gasteiger partial charge in [0, 0.05) is 22.9 Å². The molecule has 0 bridgehead atoms. The summed E-state index contributed by atoms with van der Waals surface area (Å²) in [5.74, 6) is 1.12. The zero-order chi connectivity index (χ0) is 13.9. The molecule has 1 aliphatic heterocycles. The molecule has 1 saturated heterocycles. The minimum Gasteiger partial charge on any atom is -0.333 e. The van der Waals surface area contributed by atoms with Gasteiger partial charge in [-0.3, -0.25) is 0 Å². The van der Waals surface area contributed by atoms with E-state index in [-0.39, 0.29) is 0 Å². The third-order valence-corrected chi connectivity index (χ3v) is 5.89. The van der Waals surface area contributed by atoms with Crippen LogP contribution in [0.2, 0.25) is 0 Å². The molecular weight excluding hydrogens is 304 g/mol. The summed E-state index contributed by atoms with van der Waals surface area (Å²) < 4.78 is 0. The molecule has 5 heteroatoms. The quantitative estimate of drug-likeness (QED) is 0.819. The van der Waals surface area contributed by atoms with Gasteiger partial charge in [-0.2, -0.15) is 0 Å². The van der Waals surface area contributed by atoms with Gasteiger partial charge >= 0.3 is 0 Å². The number of benzene rings is 1. The first-order valence-corrected chi connectivity index (χ1v) is 8.87. The van der Waals surface area contributed by atoms with Gasteiger partial charge < -0.3 is 10.2 Å². The number of rotatable bonds is 2. The molecule has 1 N–H and O–H groups in total. The number of aryl methyl sites for hydroxylation is 1. The number of nitrogens with one attached hydrogen (secondary N) is 1. The van der Waals surface area contributed by atoms with Gasteiger partial charge in [-0.1, -0.05) is 23.8 Å². The van der Waals surface area contributed by atoms with Gasteiger partial charge in [-0.05, 0) is 42.7 Å². The standard InChI is InChI=1S/C15H16N2S3/c1-11-4-6-12(7-5-11)16-15(18)17-8-10-20-14(17)13-3-2-9-19-13/h2-7,9,14H,8,10H2,1H3,(H,16,18)/t14-/m1/s1. The van der Waals surface area contributed by atoms with Crippen LogP contribution in [0.25, 0.3) is 0 Å². The van der Waals surface area contributed by atoms with Crippen molar-refractivity contribution in [3.8, 4) is 0 Å². The molecule has 1 aromatic carbocycles. The highest BCUT2D eigenvalue weighted by Gasteiger charge is 2.29. The smallest absolute Gasteiger partial charge is 0.174 e. The summed E-state index contributed by atoms with van der Waals surface area (Å²) >= 11 is 9.34. The molecule has 1 aliphatic rings. The minimum atomic E-state index is 0.362. The van der Waals surface area contributed by atoms with Crippen molar-refractivity contribution in [3.05, 3.63) is 52.2 Å². The predicted molar refractivity (Wildman–Crippen MR) is 93.6 cm³/mol. The van der Waals surface area contributed by atoms with Crippen molar-refractivity contribution >= 4 is 46.1 Å². The van der Waals surface area contributed by atoms with E-state index >= 15 is 0 Å². The second-order valence-corrected chi connectivity index (χ2v) is 7.28. The molecular formula is C15H16N2S3. The third-order valence-electron chi connectivity index (χ3n) is 3.24. The zero-order valence-corrected chi connectivity index (χ0v) is 13.7. The topological polar surface area (TPSA) is 15.3 Å². The van der Waals surface area contributed by atoms with Crippen LogP contribution in [0.1, 0.15) is 15.8 Å². The van der Waals surface area contributed by atoms with Crippen molar-refractivity contribution in [1.82, 2.24) is 4.90 Å². The van der Waals surface area contributed by atoms with Gasteiger partial charge in [0.1, 0.15) is 5.37 Å². The number of anilines is 1. The average Bonchev–Trinajstić information content (AvgIpc) is 3.11. The van der Waals surface area contributed by atoms with E-state index in [2.05, 4.69) is 58.9 Å². The van der Waals surface area contributed by atoms with E-state index in [4.69, 9.17) is 12.2 Å². The Bertz CT molecular complexity index is 578. The maximum Gasteiger partial charge on any atom is 0.174 e. The van der Waals surface area contributed by atoms with Crippen molar-refractivity contribution in [2.75, 3.05) is 17.6 Å². The molecule has 1 aromatic heterocycles. The molecule has 0 spiro atoms. The van der Waals surface area contributed by atoms with Crippen molar-refractivity contribution in [1.29, 1.82) is 0 Å². The lowest BCUT2D eigenvalue weighted by atomic mass is 10.2. The Morgan fingerprint density at radius 3 is 2.80 bits per heavy atom. The normalized spacial score (nSPS) is 18.2. The van der Waals surface area contributed by atoms with Gasteiger partial charge in [-0.15, -0.1) is 23.1 Å². The summed E-state index contributed by atoms with van der Waals surface area (Å²) in [6, 6.07) is 12.6. The first-order chi connectivity index (χ1) is 9.74. The maximum atomic E-state index is 5.59. The molecule has 0 saturated carbocycles. The molecule has 104 valence electrons. The Kier molecular flexibility index (Phi) is 4.29. The van der Waals surface area contributed by atoms with E-state index in [0.29, 0.717) is 5.37 Å². The predicted octanol–water partition coefficient (Wildman–Crippen LogP) is 4.50. The summed E-state index contributed by atoms with van der Waals surface area (Å²) in [7, 11) is 0. The van der Waals surface area contributed by atoms with Crippen LogP contribution in [-0.2, 0) is 0 Å². The van der Waals surface area contributed by atoms with Gasteiger partial charge in [0.2, 0.25) is 0 Å². The van der Waals surface area contributed by atoms with Crippen LogP contribution in [-0.4, -0.2) is 22.3 Å². The second kappa shape index (κ2) is 6.16. The molecule has 2 heterocycles. The molecule has 2 aromatic rings. The van der Waals surface area contributed by atoms with Crippen molar-refractivity contribution in [2.45, 2.75) is 12.3 Å². The number of hydrogen-bond donors (Lipinski definition) is 1. The molecule has 0 radical (unpaired) electrons. The van der Waals surface area contributed by atoms with E-state index in [1.807, 2.05) is 11.8 Å². The van der Waals surface area contributed by atoms with E-state index in [1.165, 1.54) is 10.4 Å². The number of thiophene rings is 1. The summed E-state index contributed by atoms with van der Waals surface area (Å²) in [5.41, 5.74) is 2.32. The third kappa shape index (κ3) is 3.00. The molecule has 2 nitrogen and oxygen atoms in total. The molecule has 0 unspecified atom stereocenters. The van der Waals surface area contributed by atoms with Crippen LogP contribution < -0.4 is 5.32 Å². The van der Waals surface area contributed by atoms with Crippen LogP contribution in [0, 0.1) is 6.92 Å². The zero-order valence-electron chi connectivity index (χ0n) is 11.2. The molecule has 0 aliphatic carbocycles. The largest absolute Gasteiger partial charge is 0.333 e. The first kappa shape index (κ1) is 13.9. The molecule has 3 rings (SSSR count). The SMILES string of the molecule is Cc1ccc(NC(=S)N2CCS[C@@H]2c2cccs2)cc1. The Hall–Kier alpha value is -1.04. The van der Waals surface area contributed by atoms with Crippen molar-refractivity contribution in [3.63, 3.8) is 0 Å². The fraction of sp³-hybridized carbons (Fsp3) is 0.267. The van der Waals surface area contributed by atoms with Gasteiger partial charge in [0.25, 0.3) is 0 Å². The number of thioether (sulfide) groups is 1. The minimum absolute atomic E-state index is 0.362. The lowest BCUT2D eigenvalue weighted by Gasteiger charge is -2.26. The average molecular weight is 321 g/mol. The van der Waals surface area contributed by atoms with Crippen LogP contribution in [0.5, 0.6) is 0 Å². The van der Waals surface area contributed by atoms with E-state index in [9.17, 15) is 0 Å². The molecule has 20 heavy (non-hydrogen) atoms. The molecule has 1 atom stereocenters. The summed E-state index contributed by atoms with van der Waals surface area (Å²) in [6.07, 6.45) is 0. The Morgan fingerprint density at radius 1 is 1.30 bits per heavy atom. The first-order valence-electron chi connectivity index (χ1n) is 6.53. The van der Waals surface area contributed by atoms with Gasteiger partial charge in [-0.25, -0.2) is 0 Å². The van der Waals surface area contributed by atoms with Crippen LogP contribution in [0.4, 0.5) is 5.69 Å². The molecule has 0 amide bonds. The van der Waals surface area contributed by atoms with E-state index < -0.39 is 0 Å². The highest BCUT2D eigenvalue weighted by molar-refractivity contribution is 7.99. The Balaban J connectivity index is 1.71. The van der Waals surface area contributed by atoms with E-state index in [0.717, 1.165) is 23.1 Å². The summed E-state index contributed by atoms with van der Waals surface area (Å²) in [4.78, 5) is 3.66. The summed E-state index contributed by atoms with van der Waals surface area (Å²) in [5, 5.41) is 6.66. The highest BCUT2D eigenvalue weighted by Crippen LogP contribution is 2.40. The van der Waals surface area contributed by atoms with Gasteiger partial charge in [0.15, 0.2) is 5.11 Å². The fourth-order valence-electron chi connectivity index (χ4n) is 2.18. The Labute approximate surface area is 133 Å². The molecule has 1 fully saturated rings. The van der Waals surface area contributed by atoms with Crippen molar-refractivity contribution in [2.24, 2.45) is 0 Å². The monoisotopic (exact) mass is 320 g/mol. The highest BCUT2D eigenvalue weighted by atomic mass is 32.2. The number of thiocarbonyl (C=S) groups is 1. The lowest BCUT2D eigenvalue weighted by molar-refractivity contribution is 0.462. The van der Waals surface area contributed by atoms with Crippen LogP contribution in [0.3, 0.4) is 0 Å². The fourth-order valence-corrected chi connectivity index (χ4v) is 4.80. The van der Waals surface area contributed by atoms with Crippen LogP contribution >= 0.6 is 35.3 Å². The summed E-state index contributed by atoms with van der Waals surface area (Å²) in [6.45, 7) is 3.09. The number of hydrogen-bond acceptors (Lipinski definition) is 3. The van der Waals surface area contributed by atoms with Crippen LogP contribution in [0.15, 0.2) is 41.8 Å². The second-order valence-electron chi connectivity index (χ2n) is 4.73. The Morgan fingerprint density at radius 2 is 2.10 bits per heavy atom. The van der Waals surface area contributed by atoms with Gasteiger partial charge in [0.05, 0.1) is 0 Å². The van der Waals surface area contributed by atoms with E-state index in [1.54, 1.807) is 11.3 Å². The van der Waals surface area contributed by atoms with Crippen molar-refractivity contribution < 1.29 is 0 Å². The number of nitrogens with zero attached hydrogens (tertiary/aromatic N) is 1. The maximum absolute atomic E-state index is 5.59.